The SMILES string of the molecule is CCC1CC(C(=O)OCOC)(C(=O)OCOC)C(F)(F)C(C)(F)C1(F)F.CCC1CC(C(=O)OCOC)(C(=O)OCOC)C(F)(F)C1(F)C(C)(F)F.COCOC(=O)C1(C(=O)OCOC)CC(C)CC(F)(C(C)(F)F)C1(F)F. The molecule has 18 nitrogen and oxygen atoms in total. The summed E-state index contributed by atoms with van der Waals surface area (Å²) in [6, 6.07) is 0. The van der Waals surface area contributed by atoms with Gasteiger partial charge >= 0.3 is 53.6 Å². The van der Waals surface area contributed by atoms with Crippen molar-refractivity contribution in [2.24, 2.45) is 34.0 Å². The first kappa shape index (κ1) is 71.5. The number of alkyl halides is 15. The van der Waals surface area contributed by atoms with Gasteiger partial charge in [-0.1, -0.05) is 20.8 Å². The highest BCUT2D eigenvalue weighted by Gasteiger charge is 2.89. The second-order valence-corrected chi connectivity index (χ2v) is 18.5. The molecule has 3 saturated carbocycles. The summed E-state index contributed by atoms with van der Waals surface area (Å²) >= 11 is 0. The minimum absolute atomic E-state index is 0.0272. The number of methoxy groups -OCH3 is 6. The highest BCUT2D eigenvalue weighted by Crippen LogP contribution is 2.68. The van der Waals surface area contributed by atoms with E-state index in [1.807, 2.05) is 0 Å². The normalized spacial score (nSPS) is 28.0. The lowest BCUT2D eigenvalue weighted by molar-refractivity contribution is -0.328. The molecule has 0 saturated heterocycles. The predicted molar refractivity (Wildman–Crippen MR) is 229 cm³/mol. The monoisotopic (exact) mass is 1180 g/mol. The van der Waals surface area contributed by atoms with Crippen LogP contribution in [0, 0.1) is 34.0 Å². The lowest BCUT2D eigenvalue weighted by Gasteiger charge is -2.52. The summed E-state index contributed by atoms with van der Waals surface area (Å²) in [5.74, 6) is -45.7. The van der Waals surface area contributed by atoms with E-state index in [0.717, 1.165) is 49.6 Å². The number of ether oxygens (including phenoxy) is 12. The van der Waals surface area contributed by atoms with Gasteiger partial charge in [0.05, 0.1) is 0 Å². The van der Waals surface area contributed by atoms with Gasteiger partial charge in [0.1, 0.15) is 0 Å². The number of carbonyl (C=O) groups is 6. The quantitative estimate of drug-likeness (QED) is 0.0329. The van der Waals surface area contributed by atoms with Crippen molar-refractivity contribution in [1.29, 1.82) is 0 Å². The molecule has 0 aliphatic heterocycles. The largest absolute Gasteiger partial charge is 0.437 e. The molecule has 6 atom stereocenters. The number of carbonyl (C=O) groups excluding carboxylic acids is 6. The van der Waals surface area contributed by atoms with Crippen LogP contribution in [-0.2, 0) is 85.6 Å². The van der Waals surface area contributed by atoms with Crippen molar-refractivity contribution in [1.82, 2.24) is 0 Å². The van der Waals surface area contributed by atoms with E-state index >= 15 is 22.0 Å². The molecule has 33 heteroatoms. The number of hydrogen-bond acceptors (Lipinski definition) is 18. The summed E-state index contributed by atoms with van der Waals surface area (Å²) in [6.45, 7) is -1.61. The molecule has 3 aliphatic rings. The first-order valence-electron chi connectivity index (χ1n) is 22.9. The Kier molecular flexibility index (Phi) is 24.2. The first-order chi connectivity index (χ1) is 35.6. The lowest BCUT2D eigenvalue weighted by Crippen LogP contribution is -2.74. The standard InChI is InChI=1S/3C15H21F5O6/c1-9-5-13(10(21)25-7-23-3,11(22)26-8-24-4)15(19,20)14(18,6-9)12(2,16)17;1-5-9-6-13(10(21)25-7-23-3,11(22)26-8-24-4)15(19,20)14(9,18)12(2,16)17;1-5-9-6-13(10(21)25-7-23-3,11(22)26-8-24-4)15(19,20)12(2,16)14(9,17)18/h3*9H,5-8H2,1-4H3. The van der Waals surface area contributed by atoms with Crippen LogP contribution in [0.3, 0.4) is 0 Å². The van der Waals surface area contributed by atoms with Crippen LogP contribution in [0.25, 0.3) is 0 Å². The van der Waals surface area contributed by atoms with Gasteiger partial charge in [-0.15, -0.1) is 0 Å². The van der Waals surface area contributed by atoms with Crippen molar-refractivity contribution in [3.63, 3.8) is 0 Å². The van der Waals surface area contributed by atoms with E-state index in [4.69, 9.17) is 0 Å². The Hall–Kier alpha value is -4.47. The van der Waals surface area contributed by atoms with E-state index in [2.05, 4.69) is 56.8 Å². The molecule has 0 spiro atoms. The zero-order valence-electron chi connectivity index (χ0n) is 44.2. The molecule has 0 aromatic heterocycles. The zero-order chi connectivity index (χ0) is 61.2. The van der Waals surface area contributed by atoms with Crippen molar-refractivity contribution in [3.8, 4) is 0 Å². The summed E-state index contributed by atoms with van der Waals surface area (Å²) in [4.78, 5) is 73.9. The van der Waals surface area contributed by atoms with Crippen LogP contribution in [0.15, 0.2) is 0 Å². The summed E-state index contributed by atoms with van der Waals surface area (Å²) in [5, 5.41) is 0. The molecule has 3 aliphatic carbocycles. The zero-order valence-corrected chi connectivity index (χ0v) is 44.2. The van der Waals surface area contributed by atoms with Crippen LogP contribution >= 0.6 is 0 Å². The van der Waals surface area contributed by atoms with Gasteiger partial charge in [-0.3, -0.25) is 28.8 Å². The van der Waals surface area contributed by atoms with Crippen LogP contribution in [0.1, 0.15) is 80.1 Å². The maximum atomic E-state index is 15.1. The average molecular weight is 1180 g/mol. The molecule has 0 bridgehead atoms. The van der Waals surface area contributed by atoms with Crippen LogP contribution in [0.2, 0.25) is 0 Å². The van der Waals surface area contributed by atoms with Crippen LogP contribution in [0.4, 0.5) is 65.9 Å². The Morgan fingerprint density at radius 1 is 0.423 bits per heavy atom. The molecule has 3 fully saturated rings. The van der Waals surface area contributed by atoms with E-state index in [1.165, 1.54) is 13.8 Å². The molecule has 0 aromatic rings. The Morgan fingerprint density at radius 2 is 0.692 bits per heavy atom. The second kappa shape index (κ2) is 26.4. The van der Waals surface area contributed by atoms with Gasteiger partial charge in [0, 0.05) is 68.3 Å². The summed E-state index contributed by atoms with van der Waals surface area (Å²) in [6.07, 6.45) is -5.76. The molecule has 0 radical (unpaired) electrons. The molecule has 0 aromatic carbocycles. The van der Waals surface area contributed by atoms with E-state index in [1.54, 1.807) is 0 Å². The van der Waals surface area contributed by atoms with Gasteiger partial charge in [-0.05, 0) is 51.4 Å². The van der Waals surface area contributed by atoms with Gasteiger partial charge in [0.15, 0.2) is 40.8 Å². The van der Waals surface area contributed by atoms with E-state index in [0.29, 0.717) is 0 Å². The number of halogens is 15. The van der Waals surface area contributed by atoms with E-state index < -0.39 is 202 Å². The summed E-state index contributed by atoms with van der Waals surface area (Å²) in [5.41, 5.74) is -24.3. The molecule has 6 unspecified atom stereocenters. The maximum Gasteiger partial charge on any atom is 0.332 e. The topological polar surface area (TPSA) is 213 Å². The van der Waals surface area contributed by atoms with Gasteiger partial charge in [-0.25, -0.2) is 65.9 Å². The minimum atomic E-state index is -5.13. The highest BCUT2D eigenvalue weighted by molar-refractivity contribution is 6.03. The van der Waals surface area contributed by atoms with Crippen molar-refractivity contribution in [2.75, 3.05) is 83.4 Å². The molecular formula is C45H63F15O18. The van der Waals surface area contributed by atoms with Crippen molar-refractivity contribution >= 4 is 35.8 Å². The minimum Gasteiger partial charge on any atom is -0.437 e. The van der Waals surface area contributed by atoms with Gasteiger partial charge in [0.2, 0.25) is 33.3 Å². The number of hydrogen-bond donors (Lipinski definition) is 0. The van der Waals surface area contributed by atoms with Gasteiger partial charge < -0.3 is 56.8 Å². The Morgan fingerprint density at radius 3 is 0.936 bits per heavy atom. The number of rotatable bonds is 22. The fraction of sp³-hybridized carbons (Fsp3) is 0.867. The molecule has 3 rings (SSSR count). The van der Waals surface area contributed by atoms with Crippen molar-refractivity contribution < 1.29 is 151 Å². The van der Waals surface area contributed by atoms with E-state index in [-0.39, 0.29) is 20.8 Å². The smallest absolute Gasteiger partial charge is 0.332 e. The molecule has 0 N–H and O–H groups in total. The number of esters is 6. The average Bonchev–Trinajstić information content (AvgIpc) is 3.54. The third kappa shape index (κ3) is 12.0. The fourth-order valence-electron chi connectivity index (χ4n) is 9.34. The van der Waals surface area contributed by atoms with Crippen LogP contribution < -0.4 is 0 Å². The van der Waals surface area contributed by atoms with Crippen molar-refractivity contribution in [2.45, 2.75) is 133 Å². The second-order valence-electron chi connectivity index (χ2n) is 18.5. The fourth-order valence-corrected chi connectivity index (χ4v) is 9.34. The summed E-state index contributed by atoms with van der Waals surface area (Å²) < 4.78 is 272. The maximum absolute atomic E-state index is 15.1. The Labute approximate surface area is 437 Å². The molecular weight excluding hydrogens is 1110 g/mol. The van der Waals surface area contributed by atoms with Crippen LogP contribution in [0.5, 0.6) is 0 Å². The van der Waals surface area contributed by atoms with Crippen LogP contribution in [-0.4, -0.2) is 172 Å². The highest BCUT2D eigenvalue weighted by atomic mass is 19.3. The lowest BCUT2D eigenvalue weighted by atomic mass is 9.59. The van der Waals surface area contributed by atoms with Gasteiger partial charge in [-0.2, -0.15) is 0 Å². The predicted octanol–water partition coefficient (Wildman–Crippen LogP) is 8.09. The molecule has 78 heavy (non-hydrogen) atoms. The summed E-state index contributed by atoms with van der Waals surface area (Å²) in [7, 11) is 6.36. The van der Waals surface area contributed by atoms with E-state index in [9.17, 15) is 72.7 Å². The molecule has 0 heterocycles. The third-order valence-electron chi connectivity index (χ3n) is 13.5. The molecule has 0 amide bonds. The Bertz CT molecular complexity index is 1950. The first-order valence-corrected chi connectivity index (χ1v) is 22.9. The Balaban J connectivity index is 0.000000585. The van der Waals surface area contributed by atoms with Crippen molar-refractivity contribution in [3.05, 3.63) is 0 Å². The third-order valence-corrected chi connectivity index (χ3v) is 13.5. The van der Waals surface area contributed by atoms with Gasteiger partial charge in [0.25, 0.3) is 17.8 Å². The molecule has 456 valence electrons.